The molecule has 8 nitrogen and oxygen atoms in total. The Morgan fingerprint density at radius 3 is 2.86 bits per heavy atom. The molecule has 0 bridgehead atoms. The van der Waals surface area contributed by atoms with Crippen LogP contribution in [0.1, 0.15) is 16.2 Å². The van der Waals surface area contributed by atoms with Crippen molar-refractivity contribution in [2.75, 3.05) is 26.3 Å². The highest BCUT2D eigenvalue weighted by Crippen LogP contribution is 2.20. The molecule has 1 aliphatic heterocycles. The van der Waals surface area contributed by atoms with Crippen molar-refractivity contribution in [1.29, 1.82) is 0 Å². The maximum atomic E-state index is 13.0. The molecule has 0 radical (unpaired) electrons. The van der Waals surface area contributed by atoms with E-state index in [1.165, 1.54) is 0 Å². The number of H-pyrrole nitrogens is 2. The minimum atomic E-state index is -0.707. The second-order valence-electron chi connectivity index (χ2n) is 6.66. The van der Waals surface area contributed by atoms with Crippen molar-refractivity contribution in [2.24, 2.45) is 0 Å². The molecule has 1 saturated heterocycles. The predicted molar refractivity (Wildman–Crippen MR) is 104 cm³/mol. The van der Waals surface area contributed by atoms with Gasteiger partial charge >= 0.3 is 0 Å². The SMILES string of the molecule is O=C(N[C@@H](Cc1cnc[nH]1)C(=O)N1CCOCC1)c1cc2ccc(Cl)cc2[nH]1. The third-order valence-electron chi connectivity index (χ3n) is 4.73. The fraction of sp³-hybridized carbons (Fsp3) is 0.316. The van der Waals surface area contributed by atoms with E-state index >= 15 is 0 Å². The highest BCUT2D eigenvalue weighted by atomic mass is 35.5. The second kappa shape index (κ2) is 8.04. The van der Waals surface area contributed by atoms with Crippen molar-refractivity contribution in [1.82, 2.24) is 25.2 Å². The first-order valence-corrected chi connectivity index (χ1v) is 9.41. The topological polar surface area (TPSA) is 103 Å². The van der Waals surface area contributed by atoms with Gasteiger partial charge in [-0.25, -0.2) is 4.98 Å². The number of ether oxygens (including phenoxy) is 1. The average Bonchev–Trinajstić information content (AvgIpc) is 3.36. The van der Waals surface area contributed by atoms with E-state index in [-0.39, 0.29) is 11.8 Å². The smallest absolute Gasteiger partial charge is 0.268 e. The third-order valence-corrected chi connectivity index (χ3v) is 4.97. The second-order valence-corrected chi connectivity index (χ2v) is 7.10. The van der Waals surface area contributed by atoms with E-state index in [0.717, 1.165) is 16.6 Å². The molecule has 3 aromatic rings. The quantitative estimate of drug-likeness (QED) is 0.605. The number of hydrogen-bond donors (Lipinski definition) is 3. The van der Waals surface area contributed by atoms with Gasteiger partial charge in [-0.2, -0.15) is 0 Å². The Kier molecular flexibility index (Phi) is 5.31. The zero-order chi connectivity index (χ0) is 19.5. The number of nitrogens with one attached hydrogen (secondary N) is 3. The number of aromatic nitrogens is 3. The molecule has 3 heterocycles. The van der Waals surface area contributed by atoms with Crippen LogP contribution in [0.3, 0.4) is 0 Å². The number of morpholine rings is 1. The fourth-order valence-corrected chi connectivity index (χ4v) is 3.45. The molecule has 1 aliphatic rings. The van der Waals surface area contributed by atoms with Crippen LogP contribution in [0.15, 0.2) is 36.8 Å². The van der Waals surface area contributed by atoms with Gasteiger partial charge in [0.05, 0.1) is 19.5 Å². The number of benzene rings is 1. The molecule has 0 spiro atoms. The van der Waals surface area contributed by atoms with Crippen LogP contribution in [0.4, 0.5) is 0 Å². The number of fused-ring (bicyclic) bond motifs is 1. The van der Waals surface area contributed by atoms with E-state index in [0.29, 0.717) is 43.4 Å². The lowest BCUT2D eigenvalue weighted by molar-refractivity contribution is -0.137. The van der Waals surface area contributed by atoms with Gasteiger partial charge in [0.15, 0.2) is 0 Å². The highest BCUT2D eigenvalue weighted by molar-refractivity contribution is 6.31. The Bertz CT molecular complexity index is 979. The Labute approximate surface area is 166 Å². The summed E-state index contributed by atoms with van der Waals surface area (Å²) in [4.78, 5) is 37.6. The van der Waals surface area contributed by atoms with Crippen molar-refractivity contribution < 1.29 is 14.3 Å². The summed E-state index contributed by atoms with van der Waals surface area (Å²) in [6.45, 7) is 2.02. The normalized spacial score (nSPS) is 15.5. The van der Waals surface area contributed by atoms with Gasteiger partial charge in [0.1, 0.15) is 11.7 Å². The Balaban J connectivity index is 1.54. The summed E-state index contributed by atoms with van der Waals surface area (Å²) in [5, 5.41) is 4.32. The first-order chi connectivity index (χ1) is 13.6. The molecule has 28 heavy (non-hydrogen) atoms. The zero-order valence-electron chi connectivity index (χ0n) is 15.1. The molecule has 2 amide bonds. The monoisotopic (exact) mass is 401 g/mol. The summed E-state index contributed by atoms with van der Waals surface area (Å²) in [7, 11) is 0. The molecular weight excluding hydrogens is 382 g/mol. The molecule has 2 aromatic heterocycles. The average molecular weight is 402 g/mol. The van der Waals surface area contributed by atoms with E-state index in [1.54, 1.807) is 35.6 Å². The van der Waals surface area contributed by atoms with Crippen molar-refractivity contribution in [3.63, 3.8) is 0 Å². The van der Waals surface area contributed by atoms with Gasteiger partial charge in [0.2, 0.25) is 5.91 Å². The van der Waals surface area contributed by atoms with Crippen molar-refractivity contribution >= 4 is 34.3 Å². The van der Waals surface area contributed by atoms with Crippen LogP contribution >= 0.6 is 11.6 Å². The minimum Gasteiger partial charge on any atom is -0.378 e. The lowest BCUT2D eigenvalue weighted by atomic mass is 10.1. The standard InChI is InChI=1S/C19H20ClN5O3/c20-13-2-1-12-7-16(23-15(12)8-13)18(26)24-17(9-14-10-21-11-22-14)19(27)25-3-5-28-6-4-25/h1-2,7-8,10-11,17,23H,3-6,9H2,(H,21,22)(H,24,26)/t17-/m0/s1. The van der Waals surface area contributed by atoms with E-state index in [9.17, 15) is 9.59 Å². The Morgan fingerprint density at radius 1 is 1.29 bits per heavy atom. The van der Waals surface area contributed by atoms with E-state index in [2.05, 4.69) is 20.3 Å². The van der Waals surface area contributed by atoms with Crippen LogP contribution in [0.5, 0.6) is 0 Å². The maximum absolute atomic E-state index is 13.0. The van der Waals surface area contributed by atoms with E-state index < -0.39 is 6.04 Å². The van der Waals surface area contributed by atoms with Gasteiger partial charge in [0.25, 0.3) is 5.91 Å². The summed E-state index contributed by atoms with van der Waals surface area (Å²) in [5.74, 6) is -0.483. The minimum absolute atomic E-state index is 0.134. The van der Waals surface area contributed by atoms with Gasteiger partial charge in [-0.1, -0.05) is 17.7 Å². The lowest BCUT2D eigenvalue weighted by Gasteiger charge is -2.30. The molecular formula is C19H20ClN5O3. The van der Waals surface area contributed by atoms with Gasteiger partial charge in [-0.15, -0.1) is 0 Å². The molecule has 1 fully saturated rings. The number of amides is 2. The van der Waals surface area contributed by atoms with Crippen LogP contribution in [-0.4, -0.2) is 64.0 Å². The summed E-state index contributed by atoms with van der Waals surface area (Å²) in [5.41, 5.74) is 1.92. The predicted octanol–water partition coefficient (Wildman–Crippen LogP) is 1.74. The number of nitrogens with zero attached hydrogens (tertiary/aromatic N) is 2. The van der Waals surface area contributed by atoms with Gasteiger partial charge in [-0.3, -0.25) is 9.59 Å². The Hall–Kier alpha value is -2.84. The van der Waals surface area contributed by atoms with Crippen molar-refractivity contribution in [2.45, 2.75) is 12.5 Å². The number of carbonyl (C=O) groups is 2. The van der Waals surface area contributed by atoms with Gasteiger partial charge in [0, 0.05) is 47.3 Å². The summed E-state index contributed by atoms with van der Waals surface area (Å²) >= 11 is 6.01. The number of rotatable bonds is 5. The first-order valence-electron chi connectivity index (χ1n) is 9.03. The van der Waals surface area contributed by atoms with Gasteiger partial charge < -0.3 is 24.9 Å². The molecule has 1 atom stereocenters. The maximum Gasteiger partial charge on any atom is 0.268 e. The Morgan fingerprint density at radius 2 is 2.11 bits per heavy atom. The summed E-state index contributed by atoms with van der Waals surface area (Å²) in [6.07, 6.45) is 3.53. The number of carbonyl (C=O) groups excluding carboxylic acids is 2. The largest absolute Gasteiger partial charge is 0.378 e. The molecule has 1 aromatic carbocycles. The number of aromatic amines is 2. The third kappa shape index (κ3) is 4.02. The van der Waals surface area contributed by atoms with Crippen molar-refractivity contribution in [3.05, 3.63) is 53.2 Å². The summed E-state index contributed by atoms with van der Waals surface area (Å²) in [6, 6.07) is 6.40. The van der Waals surface area contributed by atoms with Crippen LogP contribution < -0.4 is 5.32 Å². The van der Waals surface area contributed by atoms with Crippen LogP contribution in [-0.2, 0) is 16.0 Å². The number of halogens is 1. The first kappa shape index (κ1) is 18.5. The van der Waals surface area contributed by atoms with Crippen LogP contribution in [0.25, 0.3) is 10.9 Å². The molecule has 0 aliphatic carbocycles. The number of imidazole rings is 1. The van der Waals surface area contributed by atoms with E-state index in [4.69, 9.17) is 16.3 Å². The fourth-order valence-electron chi connectivity index (χ4n) is 3.28. The molecule has 4 rings (SSSR count). The molecule has 3 N–H and O–H groups in total. The molecule has 0 unspecified atom stereocenters. The number of hydrogen-bond acceptors (Lipinski definition) is 4. The van der Waals surface area contributed by atoms with Gasteiger partial charge in [-0.05, 0) is 18.2 Å². The highest BCUT2D eigenvalue weighted by Gasteiger charge is 2.28. The summed E-state index contributed by atoms with van der Waals surface area (Å²) < 4.78 is 5.32. The lowest BCUT2D eigenvalue weighted by Crippen LogP contribution is -2.52. The van der Waals surface area contributed by atoms with Crippen molar-refractivity contribution in [3.8, 4) is 0 Å². The van der Waals surface area contributed by atoms with E-state index in [1.807, 2.05) is 6.07 Å². The van der Waals surface area contributed by atoms with Crippen LogP contribution in [0.2, 0.25) is 5.02 Å². The molecule has 146 valence electrons. The van der Waals surface area contributed by atoms with Crippen LogP contribution in [0, 0.1) is 0 Å². The zero-order valence-corrected chi connectivity index (χ0v) is 15.8. The molecule has 9 heteroatoms. The molecule has 0 saturated carbocycles.